The van der Waals surface area contributed by atoms with Crippen LogP contribution >= 0.6 is 0 Å². The molecule has 0 saturated heterocycles. The van der Waals surface area contributed by atoms with E-state index < -0.39 is 29.7 Å². The van der Waals surface area contributed by atoms with Gasteiger partial charge in [0.05, 0.1) is 0 Å². The Bertz CT molecular complexity index is 259. The Balaban J connectivity index is 5.57. The number of hydrogen-bond donors (Lipinski definition) is 1. The second-order valence-corrected chi connectivity index (χ2v) is 3.24. The van der Waals surface area contributed by atoms with Crippen LogP contribution in [-0.2, 0) is 4.79 Å². The van der Waals surface area contributed by atoms with E-state index in [1.165, 1.54) is 0 Å². The molecule has 0 aromatic carbocycles. The third-order valence-electron chi connectivity index (χ3n) is 1.92. The van der Waals surface area contributed by atoms with E-state index in [1.807, 2.05) is 0 Å². The maximum atomic E-state index is 13.2. The lowest BCUT2D eigenvalue weighted by Crippen LogP contribution is -2.61. The summed E-state index contributed by atoms with van der Waals surface area (Å²) >= 11 is 0. The number of aliphatic carboxylic acids is 1. The van der Waals surface area contributed by atoms with Crippen molar-refractivity contribution in [2.24, 2.45) is 5.92 Å². The van der Waals surface area contributed by atoms with Crippen LogP contribution in [0, 0.1) is 5.92 Å². The third-order valence-corrected chi connectivity index (χ3v) is 1.92. The predicted molar refractivity (Wildman–Crippen MR) is 37.3 cm³/mol. The first-order valence-electron chi connectivity index (χ1n) is 3.76. The minimum absolute atomic E-state index is 0.633. The van der Waals surface area contributed by atoms with Crippen molar-refractivity contribution in [1.29, 1.82) is 0 Å². The first-order valence-corrected chi connectivity index (χ1v) is 3.76. The van der Waals surface area contributed by atoms with Crippen molar-refractivity contribution in [3.05, 3.63) is 0 Å². The topological polar surface area (TPSA) is 37.3 Å². The minimum Gasteiger partial charge on any atom is -0.479 e. The van der Waals surface area contributed by atoms with Gasteiger partial charge in [0, 0.05) is 5.92 Å². The van der Waals surface area contributed by atoms with Gasteiger partial charge in [-0.2, -0.15) is 22.0 Å². The van der Waals surface area contributed by atoms with Crippen LogP contribution in [0.1, 0.15) is 13.8 Å². The highest BCUT2D eigenvalue weighted by atomic mass is 19.4. The van der Waals surface area contributed by atoms with Crippen molar-refractivity contribution >= 4 is 5.97 Å². The molecule has 90 valence electrons. The monoisotopic (exact) mass is 238 g/mol. The molecule has 0 aromatic heterocycles. The van der Waals surface area contributed by atoms with Crippen LogP contribution in [0.5, 0.6) is 0 Å². The molecule has 0 spiro atoms. The van der Waals surface area contributed by atoms with Crippen LogP contribution < -0.4 is 0 Å². The van der Waals surface area contributed by atoms with E-state index in [-0.39, 0.29) is 0 Å². The Hall–Kier alpha value is -0.950. The molecular formula is C7H8F6O2. The lowest BCUT2D eigenvalue weighted by molar-refractivity contribution is -0.330. The van der Waals surface area contributed by atoms with Crippen LogP contribution in [0.25, 0.3) is 0 Å². The Morgan fingerprint density at radius 3 is 1.47 bits per heavy atom. The van der Waals surface area contributed by atoms with Crippen LogP contribution in [0.4, 0.5) is 26.3 Å². The number of hydrogen-bond acceptors (Lipinski definition) is 1. The van der Waals surface area contributed by atoms with E-state index in [4.69, 9.17) is 5.11 Å². The minimum atomic E-state index is -6.25. The highest BCUT2D eigenvalue weighted by Crippen LogP contribution is 2.48. The molecule has 0 fully saturated rings. The first-order chi connectivity index (χ1) is 6.39. The molecule has 0 saturated carbocycles. The molecule has 0 aliphatic carbocycles. The largest absolute Gasteiger partial charge is 0.479 e. The van der Waals surface area contributed by atoms with Gasteiger partial charge in [0.15, 0.2) is 0 Å². The molecule has 8 heteroatoms. The highest BCUT2D eigenvalue weighted by Gasteiger charge is 2.76. The Labute approximate surface area is 80.9 Å². The molecule has 0 aliphatic rings. The van der Waals surface area contributed by atoms with Crippen molar-refractivity contribution in [3.8, 4) is 0 Å². The van der Waals surface area contributed by atoms with E-state index in [2.05, 4.69) is 0 Å². The average molecular weight is 238 g/mol. The zero-order valence-electron chi connectivity index (χ0n) is 7.70. The smallest absolute Gasteiger partial charge is 0.457 e. The molecule has 0 aromatic rings. The predicted octanol–water partition coefficient (Wildman–Crippen LogP) is 2.63. The quantitative estimate of drug-likeness (QED) is 0.767. The molecule has 0 rings (SSSR count). The van der Waals surface area contributed by atoms with Gasteiger partial charge in [-0.15, -0.1) is 0 Å². The standard InChI is InChI=1S/C7H8F6O2/c1-3(2)5(8,4(14)15)6(9,10)7(11,12)13/h3H,1-2H3,(H,14,15). The molecule has 1 unspecified atom stereocenters. The van der Waals surface area contributed by atoms with Gasteiger partial charge < -0.3 is 5.11 Å². The maximum Gasteiger partial charge on any atom is 0.457 e. The van der Waals surface area contributed by atoms with Crippen LogP contribution in [-0.4, -0.2) is 28.8 Å². The molecule has 15 heavy (non-hydrogen) atoms. The molecule has 0 radical (unpaired) electrons. The summed E-state index contributed by atoms with van der Waals surface area (Å²) in [6.45, 7) is 1.27. The number of carboxylic acid groups (broad SMARTS) is 1. The Morgan fingerprint density at radius 1 is 1.07 bits per heavy atom. The summed E-state index contributed by atoms with van der Waals surface area (Å²) in [6, 6.07) is 0. The zero-order chi connectivity index (χ0) is 12.7. The molecule has 0 bridgehead atoms. The van der Waals surface area contributed by atoms with Crippen LogP contribution in [0.2, 0.25) is 0 Å². The van der Waals surface area contributed by atoms with Crippen molar-refractivity contribution in [1.82, 2.24) is 0 Å². The van der Waals surface area contributed by atoms with Gasteiger partial charge in [0.2, 0.25) is 0 Å². The maximum absolute atomic E-state index is 13.2. The molecule has 1 N–H and O–H groups in total. The molecule has 0 amide bonds. The molecule has 1 atom stereocenters. The fourth-order valence-corrected chi connectivity index (χ4v) is 0.950. The summed E-state index contributed by atoms with van der Waals surface area (Å²) in [4.78, 5) is 10.2. The Morgan fingerprint density at radius 2 is 1.40 bits per heavy atom. The number of alkyl halides is 6. The van der Waals surface area contributed by atoms with Gasteiger partial charge in [0.25, 0.3) is 5.67 Å². The number of rotatable bonds is 3. The van der Waals surface area contributed by atoms with E-state index in [0.717, 1.165) is 0 Å². The summed E-state index contributed by atoms with van der Waals surface area (Å²) in [6.07, 6.45) is -6.25. The number of carbonyl (C=O) groups is 1. The molecular weight excluding hydrogens is 230 g/mol. The van der Waals surface area contributed by atoms with Gasteiger partial charge in [-0.05, 0) is 0 Å². The van der Waals surface area contributed by atoms with E-state index >= 15 is 0 Å². The van der Waals surface area contributed by atoms with E-state index in [0.29, 0.717) is 13.8 Å². The van der Waals surface area contributed by atoms with Crippen molar-refractivity contribution in [2.75, 3.05) is 0 Å². The summed E-state index contributed by atoms with van der Waals surface area (Å²) in [5.74, 6) is -10.8. The molecule has 0 aliphatic heterocycles. The van der Waals surface area contributed by atoms with Gasteiger partial charge in [-0.1, -0.05) is 13.8 Å². The normalized spacial score (nSPS) is 17.7. The van der Waals surface area contributed by atoms with Crippen molar-refractivity contribution < 1.29 is 36.2 Å². The average Bonchev–Trinajstić information content (AvgIpc) is 1.99. The fourth-order valence-electron chi connectivity index (χ4n) is 0.950. The van der Waals surface area contributed by atoms with Crippen LogP contribution in [0.3, 0.4) is 0 Å². The zero-order valence-corrected chi connectivity index (χ0v) is 7.70. The third kappa shape index (κ3) is 1.89. The van der Waals surface area contributed by atoms with Gasteiger partial charge in [-0.25, -0.2) is 9.18 Å². The van der Waals surface area contributed by atoms with Crippen molar-refractivity contribution in [3.63, 3.8) is 0 Å². The fraction of sp³-hybridized carbons (Fsp3) is 0.857. The number of carboxylic acids is 1. The van der Waals surface area contributed by atoms with E-state index in [9.17, 15) is 31.1 Å². The number of halogens is 6. The molecule has 0 heterocycles. The van der Waals surface area contributed by atoms with E-state index in [1.54, 1.807) is 0 Å². The SMILES string of the molecule is CC(C)C(F)(C(=O)O)C(F)(F)C(F)(F)F. The summed E-state index contributed by atoms with van der Waals surface area (Å²) < 4.78 is 73.8. The lowest BCUT2D eigenvalue weighted by Gasteiger charge is -2.33. The van der Waals surface area contributed by atoms with Gasteiger partial charge in [0.1, 0.15) is 0 Å². The summed E-state index contributed by atoms with van der Waals surface area (Å²) in [5.41, 5.74) is -4.66. The highest BCUT2D eigenvalue weighted by molar-refractivity contribution is 5.79. The second-order valence-electron chi connectivity index (χ2n) is 3.24. The second kappa shape index (κ2) is 3.57. The summed E-state index contributed by atoms with van der Waals surface area (Å²) in [7, 11) is 0. The summed E-state index contributed by atoms with van der Waals surface area (Å²) in [5, 5.41) is 8.15. The van der Waals surface area contributed by atoms with Crippen LogP contribution in [0.15, 0.2) is 0 Å². The van der Waals surface area contributed by atoms with Gasteiger partial charge in [-0.3, -0.25) is 0 Å². The first kappa shape index (κ1) is 14.0. The van der Waals surface area contributed by atoms with Crippen molar-refractivity contribution in [2.45, 2.75) is 31.6 Å². The lowest BCUT2D eigenvalue weighted by atomic mass is 9.85. The molecule has 2 nitrogen and oxygen atoms in total. The Kier molecular flexibility index (Phi) is 3.34. The van der Waals surface area contributed by atoms with Gasteiger partial charge >= 0.3 is 18.1 Å².